The van der Waals surface area contributed by atoms with Gasteiger partial charge in [-0.2, -0.15) is 0 Å². The van der Waals surface area contributed by atoms with Crippen LogP contribution in [0, 0.1) is 0 Å². The molecule has 2 aromatic rings. The van der Waals surface area contributed by atoms with Crippen molar-refractivity contribution in [2.75, 3.05) is 7.11 Å². The van der Waals surface area contributed by atoms with E-state index in [1.54, 1.807) is 13.3 Å². The molecular formula is C14H15N3O2. The normalized spacial score (nSPS) is 9.95. The second kappa shape index (κ2) is 5.86. The third-order valence-electron chi connectivity index (χ3n) is 2.70. The topological polar surface area (TPSA) is 77.2 Å². The first kappa shape index (κ1) is 12.9. The van der Waals surface area contributed by atoms with Gasteiger partial charge in [0.25, 0.3) is 0 Å². The van der Waals surface area contributed by atoms with Gasteiger partial charge in [-0.1, -0.05) is 24.3 Å². The van der Waals surface area contributed by atoms with Gasteiger partial charge in [0.05, 0.1) is 7.11 Å². The second-order valence-corrected chi connectivity index (χ2v) is 3.97. The molecule has 0 unspecified atom stereocenters. The van der Waals surface area contributed by atoms with Crippen LogP contribution < -0.4 is 15.8 Å². The summed E-state index contributed by atoms with van der Waals surface area (Å²) in [6, 6.07) is 11.0. The molecule has 0 spiro atoms. The molecule has 1 aromatic carbocycles. The van der Waals surface area contributed by atoms with Crippen LogP contribution in [0.3, 0.4) is 0 Å². The highest BCUT2D eigenvalue weighted by Gasteiger charge is 2.05. The lowest BCUT2D eigenvalue weighted by Gasteiger charge is -2.08. The van der Waals surface area contributed by atoms with Crippen LogP contribution in [0.25, 0.3) is 11.1 Å². The molecule has 2 amide bonds. The highest BCUT2D eigenvalue weighted by Crippen LogP contribution is 2.27. The number of rotatable bonds is 4. The van der Waals surface area contributed by atoms with E-state index in [0.717, 1.165) is 16.7 Å². The Hall–Kier alpha value is -2.56. The van der Waals surface area contributed by atoms with E-state index in [1.807, 2.05) is 36.4 Å². The van der Waals surface area contributed by atoms with E-state index in [1.165, 1.54) is 0 Å². The number of carbonyl (C=O) groups is 1. The number of methoxy groups -OCH3 is 1. The molecular weight excluding hydrogens is 242 g/mol. The molecule has 3 N–H and O–H groups in total. The van der Waals surface area contributed by atoms with Gasteiger partial charge in [0.1, 0.15) is 0 Å². The minimum atomic E-state index is -0.530. The number of primary amides is 1. The molecule has 2 rings (SSSR count). The van der Waals surface area contributed by atoms with Crippen molar-refractivity contribution in [2.24, 2.45) is 5.73 Å². The van der Waals surface area contributed by atoms with Crippen molar-refractivity contribution in [3.05, 3.63) is 48.2 Å². The van der Waals surface area contributed by atoms with Crippen LogP contribution in [0.5, 0.6) is 5.88 Å². The van der Waals surface area contributed by atoms with E-state index in [2.05, 4.69) is 10.3 Å². The molecule has 0 aliphatic carbocycles. The summed E-state index contributed by atoms with van der Waals surface area (Å²) in [5, 5.41) is 2.55. The predicted octanol–water partition coefficient (Wildman–Crippen LogP) is 1.93. The Balaban J connectivity index is 2.20. The van der Waals surface area contributed by atoms with Crippen molar-refractivity contribution in [1.82, 2.24) is 10.3 Å². The summed E-state index contributed by atoms with van der Waals surface area (Å²) < 4.78 is 5.22. The van der Waals surface area contributed by atoms with Crippen LogP contribution in [-0.2, 0) is 6.54 Å². The number of benzene rings is 1. The van der Waals surface area contributed by atoms with E-state index >= 15 is 0 Å². The molecule has 0 atom stereocenters. The number of urea groups is 1. The molecule has 5 heteroatoms. The number of ether oxygens (including phenoxy) is 1. The molecule has 5 nitrogen and oxygen atoms in total. The summed E-state index contributed by atoms with van der Waals surface area (Å²) in [6.07, 6.45) is 1.69. The summed E-state index contributed by atoms with van der Waals surface area (Å²) in [4.78, 5) is 14.8. The maximum Gasteiger partial charge on any atom is 0.312 e. The minimum Gasteiger partial charge on any atom is -0.481 e. The molecule has 0 fully saturated rings. The lowest BCUT2D eigenvalue weighted by Crippen LogP contribution is -2.28. The first-order valence-electron chi connectivity index (χ1n) is 5.82. The predicted molar refractivity (Wildman–Crippen MR) is 72.6 cm³/mol. The highest BCUT2D eigenvalue weighted by molar-refractivity contribution is 5.72. The molecule has 0 saturated carbocycles. The Morgan fingerprint density at radius 2 is 2.05 bits per heavy atom. The van der Waals surface area contributed by atoms with Crippen molar-refractivity contribution in [3.63, 3.8) is 0 Å². The molecule has 0 radical (unpaired) electrons. The standard InChI is InChI=1S/C14H15N3O2/c1-19-13-12(3-2-8-16-13)11-6-4-10(5-7-11)9-17-14(15)18/h2-8H,9H2,1H3,(H3,15,17,18). The summed E-state index contributed by atoms with van der Waals surface area (Å²) in [7, 11) is 1.59. The van der Waals surface area contributed by atoms with E-state index < -0.39 is 6.03 Å². The average molecular weight is 257 g/mol. The van der Waals surface area contributed by atoms with Gasteiger partial charge < -0.3 is 15.8 Å². The number of pyridine rings is 1. The first-order valence-corrected chi connectivity index (χ1v) is 5.82. The van der Waals surface area contributed by atoms with Gasteiger partial charge in [-0.15, -0.1) is 0 Å². The van der Waals surface area contributed by atoms with Gasteiger partial charge in [-0.05, 0) is 23.3 Å². The van der Waals surface area contributed by atoms with Gasteiger partial charge in [0, 0.05) is 18.3 Å². The Morgan fingerprint density at radius 1 is 1.32 bits per heavy atom. The zero-order chi connectivity index (χ0) is 13.7. The fraction of sp³-hybridized carbons (Fsp3) is 0.143. The summed E-state index contributed by atoms with van der Waals surface area (Å²) in [5.74, 6) is 0.588. The molecule has 19 heavy (non-hydrogen) atoms. The van der Waals surface area contributed by atoms with Gasteiger partial charge in [-0.25, -0.2) is 9.78 Å². The second-order valence-electron chi connectivity index (χ2n) is 3.97. The number of nitrogens with two attached hydrogens (primary N) is 1. The zero-order valence-corrected chi connectivity index (χ0v) is 10.6. The lowest BCUT2D eigenvalue weighted by atomic mass is 10.1. The summed E-state index contributed by atoms with van der Waals surface area (Å²) in [5.41, 5.74) is 7.94. The minimum absolute atomic E-state index is 0.416. The number of carbonyl (C=O) groups excluding carboxylic acids is 1. The number of nitrogens with one attached hydrogen (secondary N) is 1. The number of hydrogen-bond donors (Lipinski definition) is 2. The molecule has 0 aliphatic rings. The maximum absolute atomic E-state index is 10.6. The van der Waals surface area contributed by atoms with Crippen LogP contribution >= 0.6 is 0 Å². The van der Waals surface area contributed by atoms with E-state index in [-0.39, 0.29) is 0 Å². The van der Waals surface area contributed by atoms with Crippen LogP contribution in [-0.4, -0.2) is 18.1 Å². The van der Waals surface area contributed by atoms with Crippen molar-refractivity contribution < 1.29 is 9.53 Å². The smallest absolute Gasteiger partial charge is 0.312 e. The SMILES string of the molecule is COc1ncccc1-c1ccc(CNC(N)=O)cc1. The van der Waals surface area contributed by atoms with Crippen LogP contribution in [0.2, 0.25) is 0 Å². The first-order chi connectivity index (χ1) is 9.20. The van der Waals surface area contributed by atoms with E-state index in [0.29, 0.717) is 12.4 Å². The van der Waals surface area contributed by atoms with Gasteiger partial charge >= 0.3 is 6.03 Å². The fourth-order valence-corrected chi connectivity index (χ4v) is 1.76. The zero-order valence-electron chi connectivity index (χ0n) is 10.6. The van der Waals surface area contributed by atoms with Crippen molar-refractivity contribution in [2.45, 2.75) is 6.54 Å². The lowest BCUT2D eigenvalue weighted by molar-refractivity contribution is 0.248. The molecule has 0 aliphatic heterocycles. The van der Waals surface area contributed by atoms with Gasteiger partial charge in [0.15, 0.2) is 0 Å². The third-order valence-corrected chi connectivity index (χ3v) is 2.70. The highest BCUT2D eigenvalue weighted by atomic mass is 16.5. The number of amides is 2. The van der Waals surface area contributed by atoms with Crippen molar-refractivity contribution >= 4 is 6.03 Å². The van der Waals surface area contributed by atoms with Gasteiger partial charge in [-0.3, -0.25) is 0 Å². The average Bonchev–Trinajstić information content (AvgIpc) is 2.45. The largest absolute Gasteiger partial charge is 0.481 e. The Morgan fingerprint density at radius 3 is 2.68 bits per heavy atom. The van der Waals surface area contributed by atoms with Crippen molar-refractivity contribution in [1.29, 1.82) is 0 Å². The molecule has 1 aromatic heterocycles. The van der Waals surface area contributed by atoms with E-state index in [4.69, 9.17) is 10.5 Å². The van der Waals surface area contributed by atoms with Crippen LogP contribution in [0.4, 0.5) is 4.79 Å². The fourth-order valence-electron chi connectivity index (χ4n) is 1.76. The number of nitrogens with zero attached hydrogens (tertiary/aromatic N) is 1. The molecule has 98 valence electrons. The Kier molecular flexibility index (Phi) is 3.97. The number of hydrogen-bond acceptors (Lipinski definition) is 3. The maximum atomic E-state index is 10.6. The van der Waals surface area contributed by atoms with E-state index in [9.17, 15) is 4.79 Å². The summed E-state index contributed by atoms with van der Waals surface area (Å²) in [6.45, 7) is 0.416. The monoisotopic (exact) mass is 257 g/mol. The van der Waals surface area contributed by atoms with Crippen LogP contribution in [0.15, 0.2) is 42.6 Å². The quantitative estimate of drug-likeness (QED) is 0.878. The van der Waals surface area contributed by atoms with Gasteiger partial charge in [0.2, 0.25) is 5.88 Å². The third kappa shape index (κ3) is 3.22. The Bertz CT molecular complexity index is 567. The molecule has 0 saturated heterocycles. The number of aromatic nitrogens is 1. The van der Waals surface area contributed by atoms with Crippen molar-refractivity contribution in [3.8, 4) is 17.0 Å². The molecule has 1 heterocycles. The Labute approximate surface area is 111 Å². The van der Waals surface area contributed by atoms with Crippen LogP contribution in [0.1, 0.15) is 5.56 Å². The summed E-state index contributed by atoms with van der Waals surface area (Å²) >= 11 is 0. The molecule has 0 bridgehead atoms.